The minimum absolute atomic E-state index is 0.282. The maximum atomic E-state index is 11.7. The van der Waals surface area contributed by atoms with Crippen molar-refractivity contribution in [3.8, 4) is 0 Å². The molecule has 4 heteroatoms. The topological polar surface area (TPSA) is 57.6 Å². The summed E-state index contributed by atoms with van der Waals surface area (Å²) in [6.07, 6.45) is 11.8. The van der Waals surface area contributed by atoms with Crippen molar-refractivity contribution >= 4 is 11.9 Å². The molecule has 1 aliphatic heterocycles. The molecule has 1 atom stereocenters. The fourth-order valence-electron chi connectivity index (χ4n) is 2.55. The number of likely N-dealkylation sites (tertiary alicyclic amines) is 1. The molecular weight excluding hydrogens is 266 g/mol. The first kappa shape index (κ1) is 19.9. The largest absolute Gasteiger partial charge is 0.481 e. The molecule has 1 heterocycles. The molecule has 21 heavy (non-hydrogen) atoms. The lowest BCUT2D eigenvalue weighted by molar-refractivity contribution is -0.134. The summed E-state index contributed by atoms with van der Waals surface area (Å²) in [7, 11) is 0. The Morgan fingerprint density at radius 3 is 2.05 bits per heavy atom. The number of aliphatic carboxylic acids is 1. The second-order valence-electron chi connectivity index (χ2n) is 6.01. The Kier molecular flexibility index (Phi) is 12.0. The zero-order chi connectivity index (χ0) is 16.1. The van der Waals surface area contributed by atoms with E-state index in [1.165, 1.54) is 51.4 Å². The summed E-state index contributed by atoms with van der Waals surface area (Å²) < 4.78 is 0. The number of unbranched alkanes of at least 4 members (excludes halogenated alkanes) is 7. The van der Waals surface area contributed by atoms with Gasteiger partial charge in [0.05, 0.1) is 0 Å². The van der Waals surface area contributed by atoms with Gasteiger partial charge in [-0.2, -0.15) is 0 Å². The van der Waals surface area contributed by atoms with E-state index >= 15 is 0 Å². The van der Waals surface area contributed by atoms with Gasteiger partial charge in [0.15, 0.2) is 0 Å². The quantitative estimate of drug-likeness (QED) is 0.652. The van der Waals surface area contributed by atoms with E-state index in [9.17, 15) is 4.79 Å². The Bertz CT molecular complexity index is 288. The summed E-state index contributed by atoms with van der Waals surface area (Å²) in [5.74, 6) is -0.169. The standard InChI is InChI=1S/C15H29NO.C2H4O2/c1-3-4-5-6-7-8-9-10-12-16-13-11-14(2)15(16)17;1-2(3)4/h14H,3-13H2,1-2H3;1H3,(H,3,4). The van der Waals surface area contributed by atoms with Gasteiger partial charge in [0.25, 0.3) is 5.97 Å². The maximum absolute atomic E-state index is 11.7. The van der Waals surface area contributed by atoms with Crippen LogP contribution in [0.25, 0.3) is 0 Å². The third-order valence-electron chi connectivity index (χ3n) is 3.85. The number of hydrogen-bond acceptors (Lipinski definition) is 2. The molecule has 0 aromatic rings. The van der Waals surface area contributed by atoms with Crippen LogP contribution < -0.4 is 0 Å². The van der Waals surface area contributed by atoms with E-state index < -0.39 is 5.97 Å². The van der Waals surface area contributed by atoms with E-state index in [-0.39, 0.29) is 5.92 Å². The van der Waals surface area contributed by atoms with Gasteiger partial charge in [-0.25, -0.2) is 0 Å². The molecule has 124 valence electrons. The van der Waals surface area contributed by atoms with Gasteiger partial charge in [0.1, 0.15) is 0 Å². The molecule has 1 fully saturated rings. The Morgan fingerprint density at radius 2 is 1.62 bits per heavy atom. The number of carboxylic acids is 1. The molecule has 1 amide bonds. The highest BCUT2D eigenvalue weighted by Gasteiger charge is 2.26. The summed E-state index contributed by atoms with van der Waals surface area (Å²) in [6.45, 7) is 7.39. The van der Waals surface area contributed by atoms with Gasteiger partial charge in [-0.3, -0.25) is 9.59 Å². The van der Waals surface area contributed by atoms with Crippen LogP contribution in [0, 0.1) is 5.92 Å². The average Bonchev–Trinajstić information content (AvgIpc) is 2.73. The normalized spacial score (nSPS) is 17.6. The molecule has 4 nitrogen and oxygen atoms in total. The van der Waals surface area contributed by atoms with Crippen molar-refractivity contribution in [3.63, 3.8) is 0 Å². The average molecular weight is 299 g/mol. The molecule has 1 unspecified atom stereocenters. The molecule has 0 aromatic heterocycles. The number of amides is 1. The van der Waals surface area contributed by atoms with Gasteiger partial charge >= 0.3 is 0 Å². The predicted molar refractivity (Wildman–Crippen MR) is 86.3 cm³/mol. The van der Waals surface area contributed by atoms with Gasteiger partial charge in [-0.15, -0.1) is 0 Å². The highest BCUT2D eigenvalue weighted by atomic mass is 16.4. The van der Waals surface area contributed by atoms with E-state index in [1.807, 2.05) is 0 Å². The van der Waals surface area contributed by atoms with Crippen molar-refractivity contribution in [1.29, 1.82) is 0 Å². The van der Waals surface area contributed by atoms with Gasteiger partial charge in [-0.1, -0.05) is 58.8 Å². The Labute approximate surface area is 129 Å². The molecule has 0 aromatic carbocycles. The van der Waals surface area contributed by atoms with Crippen LogP contribution in [-0.2, 0) is 9.59 Å². The monoisotopic (exact) mass is 299 g/mol. The molecule has 0 saturated carbocycles. The third-order valence-corrected chi connectivity index (χ3v) is 3.85. The molecule has 0 bridgehead atoms. The van der Waals surface area contributed by atoms with E-state index in [4.69, 9.17) is 9.90 Å². The van der Waals surface area contributed by atoms with E-state index in [1.54, 1.807) is 0 Å². The third kappa shape index (κ3) is 11.3. The fraction of sp³-hybridized carbons (Fsp3) is 0.882. The molecule has 1 N–H and O–H groups in total. The Balaban J connectivity index is 0.000000885. The van der Waals surface area contributed by atoms with Crippen molar-refractivity contribution in [3.05, 3.63) is 0 Å². The molecule has 1 rings (SSSR count). The summed E-state index contributed by atoms with van der Waals surface area (Å²) in [5, 5.41) is 7.42. The summed E-state index contributed by atoms with van der Waals surface area (Å²) in [4.78, 5) is 22.7. The highest BCUT2D eigenvalue weighted by Crippen LogP contribution is 2.18. The second-order valence-corrected chi connectivity index (χ2v) is 6.01. The lowest BCUT2D eigenvalue weighted by Crippen LogP contribution is -2.27. The van der Waals surface area contributed by atoms with Crippen molar-refractivity contribution in [2.45, 2.75) is 78.6 Å². The predicted octanol–water partition coefficient (Wildman–Crippen LogP) is 4.09. The first-order chi connectivity index (χ1) is 9.99. The van der Waals surface area contributed by atoms with Crippen LogP contribution in [0.4, 0.5) is 0 Å². The minimum atomic E-state index is -0.833. The number of hydrogen-bond donors (Lipinski definition) is 1. The van der Waals surface area contributed by atoms with E-state index in [0.29, 0.717) is 5.91 Å². The van der Waals surface area contributed by atoms with Gasteiger partial charge < -0.3 is 10.0 Å². The van der Waals surface area contributed by atoms with Crippen LogP contribution in [0.5, 0.6) is 0 Å². The van der Waals surface area contributed by atoms with E-state index in [2.05, 4.69) is 18.7 Å². The highest BCUT2D eigenvalue weighted by molar-refractivity contribution is 5.80. The van der Waals surface area contributed by atoms with Crippen molar-refractivity contribution in [2.24, 2.45) is 5.92 Å². The van der Waals surface area contributed by atoms with Crippen molar-refractivity contribution < 1.29 is 14.7 Å². The maximum Gasteiger partial charge on any atom is 0.300 e. The number of carbonyl (C=O) groups excluding carboxylic acids is 1. The molecule has 0 radical (unpaired) electrons. The van der Waals surface area contributed by atoms with Crippen LogP contribution in [0.3, 0.4) is 0 Å². The van der Waals surface area contributed by atoms with Gasteiger partial charge in [0, 0.05) is 25.9 Å². The van der Waals surface area contributed by atoms with Crippen molar-refractivity contribution in [1.82, 2.24) is 4.90 Å². The van der Waals surface area contributed by atoms with Crippen LogP contribution >= 0.6 is 0 Å². The minimum Gasteiger partial charge on any atom is -0.481 e. The molecular formula is C17H33NO3. The lowest BCUT2D eigenvalue weighted by atomic mass is 10.1. The fourth-order valence-corrected chi connectivity index (χ4v) is 2.55. The van der Waals surface area contributed by atoms with E-state index in [0.717, 1.165) is 26.4 Å². The molecule has 1 saturated heterocycles. The second kappa shape index (κ2) is 12.7. The number of rotatable bonds is 9. The summed E-state index contributed by atoms with van der Waals surface area (Å²) in [6, 6.07) is 0. The van der Waals surface area contributed by atoms with Gasteiger partial charge in [0.2, 0.25) is 5.91 Å². The number of carbonyl (C=O) groups is 2. The summed E-state index contributed by atoms with van der Waals surface area (Å²) in [5.41, 5.74) is 0. The van der Waals surface area contributed by atoms with Crippen LogP contribution in [0.2, 0.25) is 0 Å². The first-order valence-electron chi connectivity index (χ1n) is 8.47. The number of nitrogens with zero attached hydrogens (tertiary/aromatic N) is 1. The Hall–Kier alpha value is -1.06. The van der Waals surface area contributed by atoms with Crippen LogP contribution in [0.15, 0.2) is 0 Å². The van der Waals surface area contributed by atoms with Crippen LogP contribution in [-0.4, -0.2) is 35.0 Å². The molecule has 0 aliphatic carbocycles. The molecule has 0 spiro atoms. The lowest BCUT2D eigenvalue weighted by Gasteiger charge is -2.15. The summed E-state index contributed by atoms with van der Waals surface area (Å²) >= 11 is 0. The number of carboxylic acid groups (broad SMARTS) is 1. The smallest absolute Gasteiger partial charge is 0.300 e. The first-order valence-corrected chi connectivity index (χ1v) is 8.47. The van der Waals surface area contributed by atoms with Gasteiger partial charge in [-0.05, 0) is 12.8 Å². The Morgan fingerprint density at radius 1 is 1.14 bits per heavy atom. The van der Waals surface area contributed by atoms with Crippen LogP contribution in [0.1, 0.15) is 78.6 Å². The SMILES string of the molecule is CC(=O)O.CCCCCCCCCCN1CCC(C)C1=O. The molecule has 1 aliphatic rings. The zero-order valence-corrected chi connectivity index (χ0v) is 14.1. The van der Waals surface area contributed by atoms with Crippen molar-refractivity contribution in [2.75, 3.05) is 13.1 Å². The zero-order valence-electron chi connectivity index (χ0n) is 14.1.